The monoisotopic (exact) mass is 245 g/mol. The van der Waals surface area contributed by atoms with Gasteiger partial charge in [0.15, 0.2) is 0 Å². The van der Waals surface area contributed by atoms with E-state index in [2.05, 4.69) is 9.88 Å². The van der Waals surface area contributed by atoms with Gasteiger partial charge in [-0.3, -0.25) is 4.79 Å². The zero-order valence-electron chi connectivity index (χ0n) is 10.8. The topological polar surface area (TPSA) is 60.0 Å². The van der Waals surface area contributed by atoms with E-state index < -0.39 is 0 Å². The Labute approximate surface area is 107 Å². The van der Waals surface area contributed by atoms with Crippen LogP contribution in [0.5, 0.6) is 0 Å². The molecule has 4 nitrogen and oxygen atoms in total. The lowest BCUT2D eigenvalue weighted by Crippen LogP contribution is -2.30. The first-order chi connectivity index (χ1) is 8.58. The van der Waals surface area contributed by atoms with E-state index in [9.17, 15) is 4.79 Å². The van der Waals surface area contributed by atoms with E-state index in [1.807, 2.05) is 44.3 Å². The lowest BCUT2D eigenvalue weighted by Gasteiger charge is -2.09. The quantitative estimate of drug-likeness (QED) is 0.811. The smallest absolute Gasteiger partial charge is 0.221 e. The fourth-order valence-corrected chi connectivity index (χ4v) is 2.06. The highest BCUT2D eigenvalue weighted by Gasteiger charge is 2.06. The number of carbonyl (C=O) groups excluding carboxylic acids is 1. The number of nitrogen functional groups attached to an aromatic ring is 1. The molecule has 2 rings (SSSR count). The summed E-state index contributed by atoms with van der Waals surface area (Å²) in [6.07, 6.45) is 2.46. The van der Waals surface area contributed by atoms with Crippen LogP contribution in [0.25, 0.3) is 10.9 Å². The summed E-state index contributed by atoms with van der Waals surface area (Å²) < 4.78 is 2.06. The molecule has 1 aromatic carbocycles. The number of amides is 1. The molecule has 0 atom stereocenters. The van der Waals surface area contributed by atoms with E-state index >= 15 is 0 Å². The molecule has 1 amide bonds. The Bertz CT molecular complexity index is 557. The largest absolute Gasteiger partial charge is 0.398 e. The first-order valence-corrected chi connectivity index (χ1v) is 6.20. The number of carbonyl (C=O) groups is 1. The van der Waals surface area contributed by atoms with Crippen molar-refractivity contribution >= 4 is 22.5 Å². The van der Waals surface area contributed by atoms with Crippen LogP contribution in [0.2, 0.25) is 0 Å². The van der Waals surface area contributed by atoms with Crippen LogP contribution < -0.4 is 11.1 Å². The van der Waals surface area contributed by atoms with E-state index in [1.165, 1.54) is 0 Å². The van der Waals surface area contributed by atoms with Gasteiger partial charge < -0.3 is 15.6 Å². The number of anilines is 1. The molecule has 0 aliphatic carbocycles. The SMILES string of the molecule is CC(C)NC(=O)CCn1ccc2c(N)cccc21. The minimum absolute atomic E-state index is 0.0794. The Morgan fingerprint density at radius 2 is 2.17 bits per heavy atom. The average molecular weight is 245 g/mol. The molecule has 0 aliphatic heterocycles. The Kier molecular flexibility index (Phi) is 3.55. The molecule has 0 bridgehead atoms. The molecule has 0 saturated heterocycles. The lowest BCUT2D eigenvalue weighted by molar-refractivity contribution is -0.121. The number of benzene rings is 1. The summed E-state index contributed by atoms with van der Waals surface area (Å²) in [5, 5.41) is 3.93. The molecule has 0 radical (unpaired) electrons. The lowest BCUT2D eigenvalue weighted by atomic mass is 10.2. The summed E-state index contributed by atoms with van der Waals surface area (Å²) >= 11 is 0. The average Bonchev–Trinajstić information content (AvgIpc) is 2.70. The van der Waals surface area contributed by atoms with Gasteiger partial charge in [-0.05, 0) is 32.0 Å². The normalized spacial score (nSPS) is 11.1. The predicted octanol–water partition coefficient (Wildman–Crippen LogP) is 2.14. The number of fused-ring (bicyclic) bond motifs is 1. The molecular weight excluding hydrogens is 226 g/mol. The Balaban J connectivity index is 2.09. The highest BCUT2D eigenvalue weighted by molar-refractivity contribution is 5.91. The number of nitrogens with zero attached hydrogens (tertiary/aromatic N) is 1. The van der Waals surface area contributed by atoms with Crippen molar-refractivity contribution in [1.82, 2.24) is 9.88 Å². The van der Waals surface area contributed by atoms with Gasteiger partial charge in [0.05, 0.1) is 5.52 Å². The van der Waals surface area contributed by atoms with Crippen molar-refractivity contribution in [3.63, 3.8) is 0 Å². The van der Waals surface area contributed by atoms with Crippen molar-refractivity contribution in [1.29, 1.82) is 0 Å². The van der Waals surface area contributed by atoms with Crippen LogP contribution in [0.15, 0.2) is 30.5 Å². The molecule has 2 aromatic rings. The third kappa shape index (κ3) is 2.64. The fourth-order valence-electron chi connectivity index (χ4n) is 2.06. The first-order valence-electron chi connectivity index (χ1n) is 6.20. The number of nitrogens with one attached hydrogen (secondary N) is 1. The summed E-state index contributed by atoms with van der Waals surface area (Å²) in [6.45, 7) is 4.60. The maximum Gasteiger partial charge on any atom is 0.221 e. The number of aryl methyl sites for hydroxylation is 1. The van der Waals surface area contributed by atoms with E-state index in [1.54, 1.807) is 0 Å². The molecule has 18 heavy (non-hydrogen) atoms. The minimum Gasteiger partial charge on any atom is -0.398 e. The molecular formula is C14H19N3O. The number of hydrogen-bond acceptors (Lipinski definition) is 2. The van der Waals surface area contributed by atoms with Gasteiger partial charge in [0.2, 0.25) is 5.91 Å². The summed E-state index contributed by atoms with van der Waals surface area (Å²) in [7, 11) is 0. The van der Waals surface area contributed by atoms with Crippen molar-refractivity contribution in [2.24, 2.45) is 0 Å². The maximum absolute atomic E-state index is 11.6. The summed E-state index contributed by atoms with van der Waals surface area (Å²) in [4.78, 5) is 11.6. The second kappa shape index (κ2) is 5.12. The van der Waals surface area contributed by atoms with Crippen molar-refractivity contribution in [2.75, 3.05) is 5.73 Å². The van der Waals surface area contributed by atoms with Crippen molar-refractivity contribution < 1.29 is 4.79 Å². The minimum atomic E-state index is 0.0794. The van der Waals surface area contributed by atoms with Gasteiger partial charge in [-0.1, -0.05) is 6.07 Å². The van der Waals surface area contributed by atoms with Crippen LogP contribution in [-0.4, -0.2) is 16.5 Å². The maximum atomic E-state index is 11.6. The van der Waals surface area contributed by atoms with Gasteiger partial charge in [-0.25, -0.2) is 0 Å². The van der Waals surface area contributed by atoms with Gasteiger partial charge in [0, 0.05) is 36.3 Å². The molecule has 0 spiro atoms. The van der Waals surface area contributed by atoms with Crippen LogP contribution in [0.3, 0.4) is 0 Å². The Morgan fingerprint density at radius 1 is 1.39 bits per heavy atom. The van der Waals surface area contributed by atoms with E-state index in [0.29, 0.717) is 13.0 Å². The molecule has 0 saturated carbocycles. The van der Waals surface area contributed by atoms with Crippen LogP contribution in [0.1, 0.15) is 20.3 Å². The van der Waals surface area contributed by atoms with Crippen LogP contribution in [-0.2, 0) is 11.3 Å². The van der Waals surface area contributed by atoms with Crippen molar-refractivity contribution in [2.45, 2.75) is 32.9 Å². The number of nitrogens with two attached hydrogens (primary N) is 1. The molecule has 3 N–H and O–H groups in total. The second-order valence-electron chi connectivity index (χ2n) is 4.76. The predicted molar refractivity (Wildman–Crippen MR) is 74.2 cm³/mol. The molecule has 0 fully saturated rings. The van der Waals surface area contributed by atoms with Crippen LogP contribution >= 0.6 is 0 Å². The van der Waals surface area contributed by atoms with Gasteiger partial charge >= 0.3 is 0 Å². The third-order valence-corrected chi connectivity index (χ3v) is 2.88. The van der Waals surface area contributed by atoms with Crippen molar-refractivity contribution in [3.05, 3.63) is 30.5 Å². The number of rotatable bonds is 4. The third-order valence-electron chi connectivity index (χ3n) is 2.88. The molecule has 96 valence electrons. The van der Waals surface area contributed by atoms with Gasteiger partial charge in [-0.2, -0.15) is 0 Å². The number of aromatic nitrogens is 1. The second-order valence-corrected chi connectivity index (χ2v) is 4.76. The first kappa shape index (κ1) is 12.5. The van der Waals surface area contributed by atoms with Gasteiger partial charge in [0.1, 0.15) is 0 Å². The van der Waals surface area contributed by atoms with E-state index in [-0.39, 0.29) is 11.9 Å². The molecule has 1 heterocycles. The fraction of sp³-hybridized carbons (Fsp3) is 0.357. The molecule has 4 heteroatoms. The molecule has 1 aromatic heterocycles. The summed E-state index contributed by atoms with van der Waals surface area (Å²) in [5.41, 5.74) is 7.75. The van der Waals surface area contributed by atoms with Gasteiger partial charge in [0.25, 0.3) is 0 Å². The Hall–Kier alpha value is -1.97. The molecule has 0 unspecified atom stereocenters. The summed E-state index contributed by atoms with van der Waals surface area (Å²) in [6, 6.07) is 8.02. The van der Waals surface area contributed by atoms with E-state index in [4.69, 9.17) is 5.73 Å². The van der Waals surface area contributed by atoms with Gasteiger partial charge in [-0.15, -0.1) is 0 Å². The standard InChI is InChI=1S/C14H19N3O/c1-10(2)16-14(18)7-9-17-8-6-11-12(15)4-3-5-13(11)17/h3-6,8,10H,7,9,15H2,1-2H3,(H,16,18). The van der Waals surface area contributed by atoms with Crippen molar-refractivity contribution in [3.8, 4) is 0 Å². The zero-order valence-corrected chi connectivity index (χ0v) is 10.8. The summed E-state index contributed by atoms with van der Waals surface area (Å²) in [5.74, 6) is 0.0794. The van der Waals surface area contributed by atoms with Crippen LogP contribution in [0, 0.1) is 0 Å². The zero-order chi connectivity index (χ0) is 13.1. The highest BCUT2D eigenvalue weighted by atomic mass is 16.1. The molecule has 0 aliphatic rings. The Morgan fingerprint density at radius 3 is 2.89 bits per heavy atom. The van der Waals surface area contributed by atoms with Crippen LogP contribution in [0.4, 0.5) is 5.69 Å². The highest BCUT2D eigenvalue weighted by Crippen LogP contribution is 2.21. The van der Waals surface area contributed by atoms with E-state index in [0.717, 1.165) is 16.6 Å². The number of hydrogen-bond donors (Lipinski definition) is 2.